The number of aromatic carboxylic acids is 1. The number of piperidine rings is 1. The van der Waals surface area contributed by atoms with Gasteiger partial charge in [0.15, 0.2) is 0 Å². The Kier molecular flexibility index (Phi) is 4.14. The summed E-state index contributed by atoms with van der Waals surface area (Å²) in [5.41, 5.74) is 1.92. The van der Waals surface area contributed by atoms with Crippen LogP contribution in [0, 0.1) is 6.92 Å². The summed E-state index contributed by atoms with van der Waals surface area (Å²) in [6, 6.07) is 7.59. The van der Waals surface area contributed by atoms with E-state index in [-0.39, 0.29) is 17.5 Å². The van der Waals surface area contributed by atoms with Crippen molar-refractivity contribution in [3.63, 3.8) is 0 Å². The van der Waals surface area contributed by atoms with Crippen molar-refractivity contribution >= 4 is 11.9 Å². The van der Waals surface area contributed by atoms with Crippen molar-refractivity contribution in [2.45, 2.75) is 25.8 Å². The van der Waals surface area contributed by atoms with Gasteiger partial charge in [-0.3, -0.25) is 9.48 Å². The smallest absolute Gasteiger partial charge is 0.338 e. The predicted molar refractivity (Wildman–Crippen MR) is 84.5 cm³/mol. The average molecular weight is 313 g/mol. The monoisotopic (exact) mass is 313 g/mol. The molecule has 6 nitrogen and oxygen atoms in total. The summed E-state index contributed by atoms with van der Waals surface area (Å²) < 4.78 is 1.67. The Morgan fingerprint density at radius 3 is 2.83 bits per heavy atom. The third-order valence-corrected chi connectivity index (χ3v) is 4.17. The van der Waals surface area contributed by atoms with Crippen LogP contribution in [0.2, 0.25) is 0 Å². The molecule has 0 saturated carbocycles. The number of carbonyl (C=O) groups is 2. The molecule has 1 aromatic heterocycles. The second kappa shape index (κ2) is 6.24. The number of carboxylic acids is 1. The van der Waals surface area contributed by atoms with E-state index in [4.69, 9.17) is 5.11 Å². The van der Waals surface area contributed by atoms with E-state index in [1.807, 2.05) is 36.1 Å². The fourth-order valence-electron chi connectivity index (χ4n) is 2.96. The Morgan fingerprint density at radius 2 is 2.13 bits per heavy atom. The van der Waals surface area contributed by atoms with Crippen molar-refractivity contribution in [2.24, 2.45) is 0 Å². The Balaban J connectivity index is 1.75. The standard InChI is InChI=1S/C17H19N3O3/c1-12-4-2-5-13(8-12)16(21)19-7-3-6-15(11-19)20-10-14(9-18-20)17(22)23/h2,4-5,8-10,15H,3,6-7,11H2,1H3,(H,22,23). The van der Waals surface area contributed by atoms with Gasteiger partial charge in [0.05, 0.1) is 17.8 Å². The Morgan fingerprint density at radius 1 is 1.30 bits per heavy atom. The molecule has 0 radical (unpaired) electrons. The first-order valence-electron chi connectivity index (χ1n) is 7.68. The number of hydrogen-bond donors (Lipinski definition) is 1. The predicted octanol–water partition coefficient (Wildman–Crippen LogP) is 2.37. The molecule has 0 bridgehead atoms. The molecule has 1 atom stereocenters. The molecule has 0 spiro atoms. The van der Waals surface area contributed by atoms with E-state index in [9.17, 15) is 9.59 Å². The Bertz CT molecular complexity index is 738. The maximum Gasteiger partial charge on any atom is 0.338 e. The lowest BCUT2D eigenvalue weighted by Gasteiger charge is -2.33. The summed E-state index contributed by atoms with van der Waals surface area (Å²) in [5.74, 6) is -0.969. The first-order chi connectivity index (χ1) is 11.0. The highest BCUT2D eigenvalue weighted by Gasteiger charge is 2.26. The average Bonchev–Trinajstić information content (AvgIpc) is 3.04. The lowest BCUT2D eigenvalue weighted by Crippen LogP contribution is -2.40. The van der Waals surface area contributed by atoms with Crippen LogP contribution in [0.5, 0.6) is 0 Å². The van der Waals surface area contributed by atoms with Gasteiger partial charge in [-0.25, -0.2) is 4.79 Å². The Labute approximate surface area is 134 Å². The summed E-state index contributed by atoms with van der Waals surface area (Å²) >= 11 is 0. The quantitative estimate of drug-likeness (QED) is 0.944. The third kappa shape index (κ3) is 3.26. The highest BCUT2D eigenvalue weighted by atomic mass is 16.4. The molecule has 2 aromatic rings. The first-order valence-corrected chi connectivity index (χ1v) is 7.68. The number of rotatable bonds is 3. The van der Waals surface area contributed by atoms with Gasteiger partial charge in [0.25, 0.3) is 5.91 Å². The molecule has 6 heteroatoms. The summed E-state index contributed by atoms with van der Waals surface area (Å²) in [4.78, 5) is 25.4. The minimum Gasteiger partial charge on any atom is -0.478 e. The normalized spacial score (nSPS) is 18.0. The number of carboxylic acid groups (broad SMARTS) is 1. The Hall–Kier alpha value is -2.63. The van der Waals surface area contributed by atoms with Gasteiger partial charge < -0.3 is 10.0 Å². The zero-order valence-electron chi connectivity index (χ0n) is 13.0. The lowest BCUT2D eigenvalue weighted by molar-refractivity contribution is 0.0666. The molecule has 2 heterocycles. The highest BCUT2D eigenvalue weighted by Crippen LogP contribution is 2.23. The van der Waals surface area contributed by atoms with E-state index in [0.29, 0.717) is 12.1 Å². The molecule has 3 rings (SSSR count). The van der Waals surface area contributed by atoms with Crippen molar-refractivity contribution in [3.8, 4) is 0 Å². The number of aromatic nitrogens is 2. The SMILES string of the molecule is Cc1cccc(C(=O)N2CCCC(n3cc(C(=O)O)cn3)C2)c1. The van der Waals surface area contributed by atoms with E-state index >= 15 is 0 Å². The van der Waals surface area contributed by atoms with E-state index in [1.54, 1.807) is 4.68 Å². The van der Waals surface area contributed by atoms with Crippen LogP contribution in [-0.4, -0.2) is 44.8 Å². The van der Waals surface area contributed by atoms with Crippen LogP contribution < -0.4 is 0 Å². The van der Waals surface area contributed by atoms with Crippen LogP contribution in [-0.2, 0) is 0 Å². The van der Waals surface area contributed by atoms with E-state index in [2.05, 4.69) is 5.10 Å². The molecule has 1 aliphatic heterocycles. The van der Waals surface area contributed by atoms with Crippen molar-refractivity contribution < 1.29 is 14.7 Å². The van der Waals surface area contributed by atoms with Gasteiger partial charge in [0.1, 0.15) is 0 Å². The summed E-state index contributed by atoms with van der Waals surface area (Å²) in [6.07, 6.45) is 4.65. The van der Waals surface area contributed by atoms with Gasteiger partial charge in [-0.1, -0.05) is 17.7 Å². The van der Waals surface area contributed by atoms with Gasteiger partial charge in [0.2, 0.25) is 0 Å². The number of nitrogens with zero attached hydrogens (tertiary/aromatic N) is 3. The second-order valence-electron chi connectivity index (χ2n) is 5.93. The van der Waals surface area contributed by atoms with Crippen LogP contribution >= 0.6 is 0 Å². The number of hydrogen-bond acceptors (Lipinski definition) is 3. The molecular weight excluding hydrogens is 294 g/mol. The van der Waals surface area contributed by atoms with Gasteiger partial charge in [-0.2, -0.15) is 5.10 Å². The van der Waals surface area contributed by atoms with Crippen LogP contribution in [0.1, 0.15) is 45.2 Å². The molecule has 120 valence electrons. The van der Waals surface area contributed by atoms with Crippen LogP contribution in [0.3, 0.4) is 0 Å². The molecule has 1 aliphatic rings. The van der Waals surface area contributed by atoms with Crippen LogP contribution in [0.15, 0.2) is 36.7 Å². The highest BCUT2D eigenvalue weighted by molar-refractivity contribution is 5.94. The summed E-state index contributed by atoms with van der Waals surface area (Å²) in [5, 5.41) is 13.1. The topological polar surface area (TPSA) is 75.4 Å². The van der Waals surface area contributed by atoms with Crippen LogP contribution in [0.4, 0.5) is 0 Å². The number of amides is 1. The molecule has 1 saturated heterocycles. The molecule has 0 aliphatic carbocycles. The molecule has 1 aromatic carbocycles. The van der Waals surface area contributed by atoms with Crippen LogP contribution in [0.25, 0.3) is 0 Å². The van der Waals surface area contributed by atoms with Crippen molar-refractivity contribution in [1.82, 2.24) is 14.7 Å². The number of likely N-dealkylation sites (tertiary alicyclic amines) is 1. The van der Waals surface area contributed by atoms with E-state index in [0.717, 1.165) is 24.9 Å². The molecule has 23 heavy (non-hydrogen) atoms. The number of carbonyl (C=O) groups excluding carboxylic acids is 1. The van der Waals surface area contributed by atoms with Crippen molar-refractivity contribution in [2.75, 3.05) is 13.1 Å². The van der Waals surface area contributed by atoms with Gasteiger partial charge in [-0.05, 0) is 31.9 Å². The summed E-state index contributed by atoms with van der Waals surface area (Å²) in [6.45, 7) is 3.23. The third-order valence-electron chi connectivity index (χ3n) is 4.17. The maximum absolute atomic E-state index is 12.6. The zero-order chi connectivity index (χ0) is 16.4. The fraction of sp³-hybridized carbons (Fsp3) is 0.353. The molecule has 1 unspecified atom stereocenters. The fourth-order valence-corrected chi connectivity index (χ4v) is 2.96. The number of aryl methyl sites for hydroxylation is 1. The maximum atomic E-state index is 12.6. The van der Waals surface area contributed by atoms with Crippen molar-refractivity contribution in [1.29, 1.82) is 0 Å². The first kappa shape index (κ1) is 15.3. The lowest BCUT2D eigenvalue weighted by atomic mass is 10.0. The van der Waals surface area contributed by atoms with Crippen molar-refractivity contribution in [3.05, 3.63) is 53.3 Å². The largest absolute Gasteiger partial charge is 0.478 e. The molecule has 1 N–H and O–H groups in total. The molecule has 1 fully saturated rings. The van der Waals surface area contributed by atoms with Gasteiger partial charge >= 0.3 is 5.97 Å². The van der Waals surface area contributed by atoms with Gasteiger partial charge in [-0.15, -0.1) is 0 Å². The van der Waals surface area contributed by atoms with E-state index in [1.165, 1.54) is 12.4 Å². The zero-order valence-corrected chi connectivity index (χ0v) is 13.0. The molecular formula is C17H19N3O3. The molecule has 1 amide bonds. The number of benzene rings is 1. The minimum atomic E-state index is -0.986. The summed E-state index contributed by atoms with van der Waals surface area (Å²) in [7, 11) is 0. The van der Waals surface area contributed by atoms with Gasteiger partial charge in [0, 0.05) is 24.8 Å². The second-order valence-corrected chi connectivity index (χ2v) is 5.93. The van der Waals surface area contributed by atoms with E-state index < -0.39 is 5.97 Å². The minimum absolute atomic E-state index is 0.0176.